The first-order valence-corrected chi connectivity index (χ1v) is 15.5. The maximum Gasteiger partial charge on any atom is 0.451 e. The molecule has 47 heavy (non-hydrogen) atoms. The molecule has 1 saturated carbocycles. The van der Waals surface area contributed by atoms with Crippen LogP contribution in [0.15, 0.2) is 48.7 Å². The number of likely N-dealkylation sites (tertiary alicyclic amines) is 1. The van der Waals surface area contributed by atoms with Crippen LogP contribution in [-0.4, -0.2) is 49.4 Å². The summed E-state index contributed by atoms with van der Waals surface area (Å²) in [5.41, 5.74) is 2.14. The van der Waals surface area contributed by atoms with Crippen molar-refractivity contribution in [3.05, 3.63) is 87.7 Å². The minimum Gasteiger partial charge on any atom is -0.444 e. The fourth-order valence-electron chi connectivity index (χ4n) is 6.44. The molecular formula is C33H29ClF4N6O3. The lowest BCUT2D eigenvalue weighted by atomic mass is 9.86. The van der Waals surface area contributed by atoms with Gasteiger partial charge in [0.2, 0.25) is 5.82 Å². The van der Waals surface area contributed by atoms with E-state index in [2.05, 4.69) is 26.0 Å². The molecule has 1 unspecified atom stereocenters. The number of piperidine rings is 1. The summed E-state index contributed by atoms with van der Waals surface area (Å²) in [4.78, 5) is 10.2. The number of fused-ring (bicyclic) bond motifs is 1. The van der Waals surface area contributed by atoms with Gasteiger partial charge < -0.3 is 14.6 Å². The summed E-state index contributed by atoms with van der Waals surface area (Å²) in [6, 6.07) is 13.8. The predicted molar refractivity (Wildman–Crippen MR) is 161 cm³/mol. The van der Waals surface area contributed by atoms with Crippen molar-refractivity contribution in [3.8, 4) is 29.0 Å². The molecule has 244 valence electrons. The van der Waals surface area contributed by atoms with Gasteiger partial charge in [0.1, 0.15) is 5.82 Å². The van der Waals surface area contributed by atoms with Crippen LogP contribution in [0.5, 0.6) is 11.5 Å². The number of ether oxygens (including phenoxy) is 2. The van der Waals surface area contributed by atoms with Gasteiger partial charge in [0.25, 0.3) is 5.79 Å². The number of nitrogens with one attached hydrogen (secondary N) is 1. The van der Waals surface area contributed by atoms with E-state index in [1.807, 2.05) is 17.2 Å². The number of aliphatic hydroxyl groups excluding tert-OH is 1. The van der Waals surface area contributed by atoms with Gasteiger partial charge in [0.05, 0.1) is 28.8 Å². The van der Waals surface area contributed by atoms with Gasteiger partial charge in [0.15, 0.2) is 17.3 Å². The number of alkyl halides is 3. The van der Waals surface area contributed by atoms with Crippen LogP contribution in [0.25, 0.3) is 11.4 Å². The van der Waals surface area contributed by atoms with Gasteiger partial charge in [0, 0.05) is 48.3 Å². The van der Waals surface area contributed by atoms with E-state index in [9.17, 15) is 27.9 Å². The molecule has 0 spiro atoms. The lowest BCUT2D eigenvalue weighted by Crippen LogP contribution is -2.42. The molecule has 2 fully saturated rings. The van der Waals surface area contributed by atoms with E-state index in [-0.39, 0.29) is 22.3 Å². The van der Waals surface area contributed by atoms with Crippen molar-refractivity contribution >= 4 is 11.6 Å². The molecule has 14 heteroatoms. The van der Waals surface area contributed by atoms with E-state index in [0.717, 1.165) is 24.0 Å². The molecule has 3 atom stereocenters. The number of hydrogen-bond donors (Lipinski definition) is 2. The Morgan fingerprint density at radius 2 is 2.00 bits per heavy atom. The fourth-order valence-corrected chi connectivity index (χ4v) is 6.60. The van der Waals surface area contributed by atoms with Crippen LogP contribution in [0.3, 0.4) is 0 Å². The van der Waals surface area contributed by atoms with Gasteiger partial charge >= 0.3 is 6.18 Å². The molecule has 7 rings (SSSR count). The fraction of sp³-hybridized carbons (Fsp3) is 0.394. The Morgan fingerprint density at radius 3 is 2.68 bits per heavy atom. The average Bonchev–Trinajstić information content (AvgIpc) is 3.42. The second-order valence-corrected chi connectivity index (χ2v) is 13.0. The molecule has 1 aliphatic carbocycles. The van der Waals surface area contributed by atoms with Crippen LogP contribution in [0.2, 0.25) is 5.02 Å². The van der Waals surface area contributed by atoms with Crippen LogP contribution >= 0.6 is 11.6 Å². The van der Waals surface area contributed by atoms with Crippen molar-refractivity contribution in [2.75, 3.05) is 13.1 Å². The minimum atomic E-state index is -4.67. The SMILES string of the molecule is C[C@@]1(c2ccc(Cl)cc2F)Oc2cccc(C3CCN(Cc4ncc(-c5n[nH]c(C(F)(F)F)n5)cc4CC4(C#N)CC4)C[C@@H]3O)c2O1. The normalized spacial score (nSPS) is 23.4. The molecule has 3 aliphatic rings. The predicted octanol–water partition coefficient (Wildman–Crippen LogP) is 6.52. The standard InChI is InChI=1S/C33H29ClF4N6O3/c1-31(23-6-5-20(34)12-24(23)35)46-27-4-2-3-22(28(27)47-31)21-7-10-44(16-26(21)45)15-25-18(13-32(17-39)8-9-32)11-19(14-40-25)29-41-30(43-42-29)33(36,37)38/h2-6,11-12,14,21,26,45H,7-10,13,15-16H2,1H3,(H,41,42,43)/t21?,26-,31+/m0/s1. The highest BCUT2D eigenvalue weighted by atomic mass is 35.5. The zero-order valence-electron chi connectivity index (χ0n) is 25.1. The van der Waals surface area contributed by atoms with E-state index in [1.54, 1.807) is 25.1 Å². The first-order chi connectivity index (χ1) is 22.4. The smallest absolute Gasteiger partial charge is 0.444 e. The van der Waals surface area contributed by atoms with Crippen molar-refractivity contribution in [2.24, 2.45) is 5.41 Å². The Hall–Kier alpha value is -4.25. The molecule has 4 aromatic rings. The molecule has 0 amide bonds. The third kappa shape index (κ3) is 6.01. The summed E-state index contributed by atoms with van der Waals surface area (Å²) in [5.74, 6) is -2.71. The van der Waals surface area contributed by atoms with Gasteiger partial charge in [-0.1, -0.05) is 23.7 Å². The molecule has 2 aliphatic heterocycles. The van der Waals surface area contributed by atoms with Crippen LogP contribution in [0.1, 0.15) is 60.3 Å². The Kier molecular flexibility index (Phi) is 7.65. The molecule has 0 bridgehead atoms. The monoisotopic (exact) mass is 668 g/mol. The highest BCUT2D eigenvalue weighted by Crippen LogP contribution is 2.50. The van der Waals surface area contributed by atoms with Crippen LogP contribution < -0.4 is 9.47 Å². The largest absolute Gasteiger partial charge is 0.451 e. The van der Waals surface area contributed by atoms with Crippen molar-refractivity contribution < 1.29 is 32.1 Å². The van der Waals surface area contributed by atoms with Gasteiger partial charge in [-0.05, 0) is 68.1 Å². The van der Waals surface area contributed by atoms with Gasteiger partial charge in [-0.3, -0.25) is 15.0 Å². The third-order valence-corrected chi connectivity index (χ3v) is 9.40. The van der Waals surface area contributed by atoms with Gasteiger partial charge in [-0.25, -0.2) is 9.37 Å². The summed E-state index contributed by atoms with van der Waals surface area (Å²) < 4.78 is 66.6. The minimum absolute atomic E-state index is 0.132. The molecule has 2 N–H and O–H groups in total. The third-order valence-electron chi connectivity index (χ3n) is 9.16. The van der Waals surface area contributed by atoms with E-state index in [0.29, 0.717) is 55.2 Å². The maximum atomic E-state index is 14.8. The highest BCUT2D eigenvalue weighted by molar-refractivity contribution is 6.30. The molecule has 2 aromatic heterocycles. The van der Waals surface area contributed by atoms with Crippen LogP contribution in [0, 0.1) is 22.6 Å². The number of rotatable bonds is 7. The van der Waals surface area contributed by atoms with E-state index < -0.39 is 35.1 Å². The highest BCUT2D eigenvalue weighted by Gasteiger charge is 2.45. The average molecular weight is 669 g/mol. The Morgan fingerprint density at radius 1 is 1.19 bits per heavy atom. The second kappa shape index (κ2) is 11.5. The molecule has 4 heterocycles. The number of H-pyrrole nitrogens is 1. The van der Waals surface area contributed by atoms with Crippen molar-refractivity contribution in [3.63, 3.8) is 0 Å². The topological polar surface area (TPSA) is 120 Å². The first kappa shape index (κ1) is 31.4. The van der Waals surface area contributed by atoms with Gasteiger partial charge in [-0.15, -0.1) is 0 Å². The molecule has 2 aromatic carbocycles. The number of halogens is 5. The van der Waals surface area contributed by atoms with E-state index in [1.165, 1.54) is 18.3 Å². The molecule has 0 radical (unpaired) electrons. The summed E-state index contributed by atoms with van der Waals surface area (Å²) >= 11 is 5.95. The number of aliphatic hydroxyl groups is 1. The summed E-state index contributed by atoms with van der Waals surface area (Å²) in [5, 5.41) is 27.1. The number of nitriles is 1. The molecular weight excluding hydrogens is 640 g/mol. The Labute approximate surface area is 272 Å². The first-order valence-electron chi connectivity index (χ1n) is 15.1. The van der Waals surface area contributed by atoms with E-state index >= 15 is 0 Å². The van der Waals surface area contributed by atoms with Crippen molar-refractivity contribution in [1.82, 2.24) is 25.1 Å². The molecule has 9 nitrogen and oxygen atoms in total. The Balaban J connectivity index is 1.09. The summed E-state index contributed by atoms with van der Waals surface area (Å²) in [6.45, 7) is 2.90. The van der Waals surface area contributed by atoms with Crippen LogP contribution in [0.4, 0.5) is 17.6 Å². The summed E-state index contributed by atoms with van der Waals surface area (Å²) in [6.07, 6.45) is -1.60. The van der Waals surface area contributed by atoms with Gasteiger partial charge in [-0.2, -0.15) is 23.5 Å². The lowest BCUT2D eigenvalue weighted by Gasteiger charge is -2.36. The second-order valence-electron chi connectivity index (χ2n) is 12.6. The lowest BCUT2D eigenvalue weighted by molar-refractivity contribution is -0.144. The Bertz CT molecular complexity index is 1890. The zero-order valence-corrected chi connectivity index (χ0v) is 25.9. The number of nitrogens with zero attached hydrogens (tertiary/aromatic N) is 5. The van der Waals surface area contributed by atoms with Crippen molar-refractivity contribution in [2.45, 2.75) is 63.1 Å². The maximum absolute atomic E-state index is 14.8. The van der Waals surface area contributed by atoms with Crippen molar-refractivity contribution in [1.29, 1.82) is 5.26 Å². The summed E-state index contributed by atoms with van der Waals surface area (Å²) in [7, 11) is 0. The quantitative estimate of drug-likeness (QED) is 0.214. The number of benzene rings is 2. The number of aromatic amines is 1. The number of β-amino-alcohol motifs (C(OH)–C–C–N with tert-alkyl or cyclic N) is 1. The number of hydrogen-bond acceptors (Lipinski definition) is 8. The number of para-hydroxylation sites is 1. The number of pyridine rings is 1. The number of aromatic nitrogens is 4. The zero-order chi connectivity index (χ0) is 33.1. The van der Waals surface area contributed by atoms with Crippen LogP contribution in [-0.2, 0) is 24.9 Å². The van der Waals surface area contributed by atoms with E-state index in [4.69, 9.17) is 21.1 Å². The molecule has 1 saturated heterocycles.